The maximum absolute atomic E-state index is 12.3. The van der Waals surface area contributed by atoms with E-state index in [2.05, 4.69) is 0 Å². The minimum Gasteiger partial charge on any atom is -0.459 e. The molecule has 0 aliphatic carbocycles. The van der Waals surface area contributed by atoms with Crippen molar-refractivity contribution in [2.45, 2.75) is 106 Å². The Balaban J connectivity index is 4.74. The Bertz CT molecular complexity index is 403. The molecule has 0 aromatic carbocycles. The highest BCUT2D eigenvalue weighted by Gasteiger charge is 2.36. The van der Waals surface area contributed by atoms with Crippen LogP contribution in [0.4, 0.5) is 0 Å². The first-order valence-electron chi connectivity index (χ1n) is 9.05. The third-order valence-electron chi connectivity index (χ3n) is 4.94. The number of esters is 2. The molecule has 0 aromatic rings. The maximum atomic E-state index is 12.3. The normalized spacial score (nSPS) is 13.6. The van der Waals surface area contributed by atoms with Crippen LogP contribution in [0.15, 0.2) is 0 Å². The minimum atomic E-state index is -0.590. The minimum absolute atomic E-state index is 0.183. The van der Waals surface area contributed by atoms with E-state index < -0.39 is 22.0 Å². The van der Waals surface area contributed by atoms with Crippen molar-refractivity contribution in [3.05, 3.63) is 0 Å². The van der Waals surface area contributed by atoms with Crippen molar-refractivity contribution >= 4 is 11.9 Å². The van der Waals surface area contributed by atoms with Gasteiger partial charge in [-0.05, 0) is 81.1 Å². The third-order valence-corrected chi connectivity index (χ3v) is 4.94. The first-order valence-corrected chi connectivity index (χ1v) is 9.05. The summed E-state index contributed by atoms with van der Waals surface area (Å²) in [6.45, 7) is 19.2. The highest BCUT2D eigenvalue weighted by atomic mass is 16.6. The van der Waals surface area contributed by atoms with E-state index in [0.717, 1.165) is 12.8 Å². The zero-order chi connectivity index (χ0) is 19.4. The van der Waals surface area contributed by atoms with Gasteiger partial charge in [0.25, 0.3) is 0 Å². The molecule has 142 valence electrons. The Labute approximate surface area is 148 Å². The van der Waals surface area contributed by atoms with Gasteiger partial charge in [0.1, 0.15) is 11.2 Å². The van der Waals surface area contributed by atoms with Crippen LogP contribution in [0.3, 0.4) is 0 Å². The molecule has 0 radical (unpaired) electrons. The zero-order valence-electron chi connectivity index (χ0n) is 17.5. The number of carbonyl (C=O) groups excluding carboxylic acids is 2. The summed E-state index contributed by atoms with van der Waals surface area (Å²) in [4.78, 5) is 24.6. The summed E-state index contributed by atoms with van der Waals surface area (Å²) >= 11 is 0. The summed E-state index contributed by atoms with van der Waals surface area (Å²) in [5, 5.41) is 0. The Kier molecular flexibility index (Phi) is 7.53. The predicted molar refractivity (Wildman–Crippen MR) is 97.7 cm³/mol. The van der Waals surface area contributed by atoms with Crippen LogP contribution in [0, 0.1) is 10.8 Å². The van der Waals surface area contributed by atoms with E-state index in [1.54, 1.807) is 0 Å². The molecule has 0 atom stereocenters. The van der Waals surface area contributed by atoms with Gasteiger partial charge in [0.15, 0.2) is 0 Å². The summed E-state index contributed by atoms with van der Waals surface area (Å²) in [5.74, 6) is -0.367. The van der Waals surface area contributed by atoms with E-state index in [4.69, 9.17) is 9.47 Å². The lowest BCUT2D eigenvalue weighted by atomic mass is 9.88. The molecular weight excluding hydrogens is 304 g/mol. The fourth-order valence-electron chi connectivity index (χ4n) is 1.77. The molecule has 0 amide bonds. The molecule has 0 spiro atoms. The predicted octanol–water partition coefficient (Wildman–Crippen LogP) is 5.28. The van der Waals surface area contributed by atoms with Crippen molar-refractivity contribution in [2.75, 3.05) is 0 Å². The molecule has 0 rings (SSSR count). The van der Waals surface area contributed by atoms with Crippen LogP contribution < -0.4 is 0 Å². The smallest absolute Gasteiger partial charge is 0.312 e. The SMILES string of the molecule is CCC(C)(C)C(=O)OC(C)(C)CCC(C)(C)OC(=O)C(C)(C)CC. The summed E-state index contributed by atoms with van der Waals surface area (Å²) in [5.41, 5.74) is -2.14. The van der Waals surface area contributed by atoms with Gasteiger partial charge in [-0.25, -0.2) is 0 Å². The average molecular weight is 343 g/mol. The largest absolute Gasteiger partial charge is 0.459 e. The second-order valence-electron chi connectivity index (χ2n) is 9.27. The van der Waals surface area contributed by atoms with Crippen molar-refractivity contribution in [3.8, 4) is 0 Å². The molecule has 24 heavy (non-hydrogen) atoms. The Morgan fingerprint density at radius 3 is 1.08 bits per heavy atom. The molecule has 4 heteroatoms. The monoisotopic (exact) mass is 342 g/mol. The van der Waals surface area contributed by atoms with Gasteiger partial charge in [0.2, 0.25) is 0 Å². The molecule has 0 heterocycles. The van der Waals surface area contributed by atoms with Gasteiger partial charge in [0.05, 0.1) is 10.8 Å². The van der Waals surface area contributed by atoms with Crippen LogP contribution in [0.2, 0.25) is 0 Å². The maximum Gasteiger partial charge on any atom is 0.312 e. The van der Waals surface area contributed by atoms with Gasteiger partial charge >= 0.3 is 11.9 Å². The van der Waals surface area contributed by atoms with E-state index in [0.29, 0.717) is 12.8 Å². The molecular formula is C20H38O4. The van der Waals surface area contributed by atoms with Gasteiger partial charge in [-0.3, -0.25) is 9.59 Å². The van der Waals surface area contributed by atoms with Crippen molar-refractivity contribution in [2.24, 2.45) is 10.8 Å². The Hall–Kier alpha value is -1.06. The van der Waals surface area contributed by atoms with E-state index in [-0.39, 0.29) is 11.9 Å². The van der Waals surface area contributed by atoms with Crippen molar-refractivity contribution in [3.63, 3.8) is 0 Å². The van der Waals surface area contributed by atoms with Crippen LogP contribution in [0.25, 0.3) is 0 Å². The molecule has 0 saturated heterocycles. The standard InChI is InChI=1S/C20H38O4/c1-11-17(3,4)15(21)23-19(7,8)13-14-20(9,10)24-16(22)18(5,6)12-2/h11-14H2,1-10H3. The lowest BCUT2D eigenvalue weighted by Crippen LogP contribution is -2.39. The van der Waals surface area contributed by atoms with Crippen LogP contribution in [0.1, 0.15) is 94.9 Å². The van der Waals surface area contributed by atoms with Gasteiger partial charge in [-0.2, -0.15) is 0 Å². The second-order valence-corrected chi connectivity index (χ2v) is 9.27. The fraction of sp³-hybridized carbons (Fsp3) is 0.900. The number of rotatable bonds is 9. The fourth-order valence-corrected chi connectivity index (χ4v) is 1.77. The van der Waals surface area contributed by atoms with Crippen molar-refractivity contribution in [1.82, 2.24) is 0 Å². The summed E-state index contributed by atoms with van der Waals surface area (Å²) in [7, 11) is 0. The zero-order valence-corrected chi connectivity index (χ0v) is 17.5. The topological polar surface area (TPSA) is 52.6 Å². The van der Waals surface area contributed by atoms with E-state index >= 15 is 0 Å². The molecule has 0 bridgehead atoms. The van der Waals surface area contributed by atoms with Crippen LogP contribution >= 0.6 is 0 Å². The van der Waals surface area contributed by atoms with Crippen molar-refractivity contribution < 1.29 is 19.1 Å². The average Bonchev–Trinajstić information content (AvgIpc) is 2.44. The number of hydrogen-bond acceptors (Lipinski definition) is 4. The number of hydrogen-bond donors (Lipinski definition) is 0. The molecule has 0 fully saturated rings. The van der Waals surface area contributed by atoms with E-state index in [9.17, 15) is 9.59 Å². The summed E-state index contributed by atoms with van der Waals surface area (Å²) < 4.78 is 11.4. The molecule has 0 aliphatic heterocycles. The third kappa shape index (κ3) is 7.23. The van der Waals surface area contributed by atoms with Gasteiger partial charge in [-0.15, -0.1) is 0 Å². The summed E-state index contributed by atoms with van der Waals surface area (Å²) in [6.07, 6.45) is 2.73. The second kappa shape index (κ2) is 7.88. The molecule has 0 N–H and O–H groups in total. The summed E-state index contributed by atoms with van der Waals surface area (Å²) in [6, 6.07) is 0. The lowest BCUT2D eigenvalue weighted by Gasteiger charge is -2.35. The number of ether oxygens (including phenoxy) is 2. The highest BCUT2D eigenvalue weighted by molar-refractivity contribution is 5.76. The lowest BCUT2D eigenvalue weighted by molar-refractivity contribution is -0.175. The number of carbonyl (C=O) groups is 2. The Morgan fingerprint density at radius 1 is 0.625 bits per heavy atom. The molecule has 0 saturated carbocycles. The molecule has 0 aliphatic rings. The van der Waals surface area contributed by atoms with Gasteiger partial charge in [0, 0.05) is 0 Å². The molecule has 0 unspecified atom stereocenters. The quantitative estimate of drug-likeness (QED) is 0.535. The highest BCUT2D eigenvalue weighted by Crippen LogP contribution is 2.31. The van der Waals surface area contributed by atoms with E-state index in [1.165, 1.54) is 0 Å². The first-order chi connectivity index (χ1) is 10.6. The van der Waals surface area contributed by atoms with Crippen LogP contribution in [-0.4, -0.2) is 23.1 Å². The van der Waals surface area contributed by atoms with Crippen LogP contribution in [0.5, 0.6) is 0 Å². The Morgan fingerprint density at radius 2 is 0.875 bits per heavy atom. The molecule has 0 aromatic heterocycles. The first kappa shape index (κ1) is 22.9. The van der Waals surface area contributed by atoms with Gasteiger partial charge < -0.3 is 9.47 Å². The van der Waals surface area contributed by atoms with Gasteiger partial charge in [-0.1, -0.05) is 13.8 Å². The van der Waals surface area contributed by atoms with E-state index in [1.807, 2.05) is 69.2 Å². The molecule has 4 nitrogen and oxygen atoms in total. The van der Waals surface area contributed by atoms with Crippen LogP contribution in [-0.2, 0) is 19.1 Å². The van der Waals surface area contributed by atoms with Crippen molar-refractivity contribution in [1.29, 1.82) is 0 Å².